The van der Waals surface area contributed by atoms with Gasteiger partial charge in [-0.3, -0.25) is 14.6 Å². The lowest BCUT2D eigenvalue weighted by Gasteiger charge is -2.32. The number of hydrogen-bond donors (Lipinski definition) is 0. The number of aromatic nitrogens is 2. The number of carbonyl (C=O) groups excluding carboxylic acids is 2. The van der Waals surface area contributed by atoms with Crippen LogP contribution in [-0.4, -0.2) is 45.1 Å². The molecule has 2 aromatic rings. The van der Waals surface area contributed by atoms with E-state index >= 15 is 0 Å². The van der Waals surface area contributed by atoms with Crippen LogP contribution in [0.4, 0.5) is 10.6 Å². The molecule has 1 aromatic heterocycles. The Kier molecular flexibility index (Phi) is 4.42. The number of carbonyl (C=O) groups is 2. The molecule has 3 amide bonds. The number of fused-ring (bicyclic) bond motifs is 3. The fourth-order valence-corrected chi connectivity index (χ4v) is 4.69. The van der Waals surface area contributed by atoms with E-state index in [1.165, 1.54) is 4.90 Å². The van der Waals surface area contributed by atoms with Gasteiger partial charge in [0.25, 0.3) is 5.91 Å². The van der Waals surface area contributed by atoms with Crippen molar-refractivity contribution in [3.63, 3.8) is 0 Å². The van der Waals surface area contributed by atoms with Crippen molar-refractivity contribution < 1.29 is 14.3 Å². The molecular weight excluding hydrogens is 436 g/mol. The molecule has 5 rings (SSSR count). The van der Waals surface area contributed by atoms with Crippen LogP contribution in [0.5, 0.6) is 5.75 Å². The lowest BCUT2D eigenvalue weighted by Crippen LogP contribution is -2.45. The summed E-state index contributed by atoms with van der Waals surface area (Å²) in [4.78, 5) is 34.3. The van der Waals surface area contributed by atoms with E-state index in [4.69, 9.17) is 9.72 Å². The molecule has 1 aliphatic carbocycles. The number of amides is 3. The lowest BCUT2D eigenvalue weighted by molar-refractivity contribution is -0.130. The van der Waals surface area contributed by atoms with Crippen molar-refractivity contribution in [3.05, 3.63) is 28.9 Å². The van der Waals surface area contributed by atoms with E-state index in [1.54, 1.807) is 4.90 Å². The molecule has 3 heterocycles. The minimum atomic E-state index is -0.511. The van der Waals surface area contributed by atoms with Crippen LogP contribution in [0.3, 0.4) is 0 Å². The third kappa shape index (κ3) is 2.87. The second kappa shape index (κ2) is 6.86. The average molecular weight is 459 g/mol. The summed E-state index contributed by atoms with van der Waals surface area (Å²) in [6, 6.07) is 5.13. The molecular formula is C21H23BrN4O3. The van der Waals surface area contributed by atoms with Crippen LogP contribution in [0, 0.1) is 5.92 Å². The van der Waals surface area contributed by atoms with Crippen LogP contribution in [-0.2, 0) is 11.3 Å². The second-order valence-electron chi connectivity index (χ2n) is 8.24. The molecule has 0 bridgehead atoms. The van der Waals surface area contributed by atoms with Gasteiger partial charge in [0.1, 0.15) is 24.2 Å². The molecule has 152 valence electrons. The highest BCUT2D eigenvalue weighted by molar-refractivity contribution is 9.10. The van der Waals surface area contributed by atoms with Crippen LogP contribution in [0.1, 0.15) is 33.1 Å². The molecule has 29 heavy (non-hydrogen) atoms. The second-order valence-corrected chi connectivity index (χ2v) is 9.16. The predicted molar refractivity (Wildman–Crippen MR) is 112 cm³/mol. The number of urea groups is 1. The van der Waals surface area contributed by atoms with Crippen molar-refractivity contribution in [2.24, 2.45) is 5.92 Å². The normalized spacial score (nSPS) is 21.7. The summed E-state index contributed by atoms with van der Waals surface area (Å²) in [6.07, 6.45) is 4.74. The van der Waals surface area contributed by atoms with Gasteiger partial charge in [-0.25, -0.2) is 9.78 Å². The number of rotatable bonds is 3. The largest absolute Gasteiger partial charge is 0.491 e. The van der Waals surface area contributed by atoms with Crippen molar-refractivity contribution in [2.45, 2.75) is 51.7 Å². The maximum absolute atomic E-state index is 13.3. The molecule has 0 spiro atoms. The molecule has 1 saturated heterocycles. The van der Waals surface area contributed by atoms with Crippen molar-refractivity contribution in [3.8, 4) is 17.1 Å². The van der Waals surface area contributed by atoms with Gasteiger partial charge in [0, 0.05) is 16.7 Å². The molecule has 3 aliphatic rings. The number of anilines is 1. The first-order valence-electron chi connectivity index (χ1n) is 10.1. The summed E-state index contributed by atoms with van der Waals surface area (Å²) in [5.41, 5.74) is 0.881. The summed E-state index contributed by atoms with van der Waals surface area (Å²) in [5.74, 6) is 1.96. The summed E-state index contributed by atoms with van der Waals surface area (Å²) in [5, 5.41) is 0. The van der Waals surface area contributed by atoms with Crippen LogP contribution >= 0.6 is 15.9 Å². The number of imide groups is 1. The third-order valence-corrected chi connectivity index (χ3v) is 6.53. The number of ether oxygens (including phenoxy) is 1. The Morgan fingerprint density at radius 1 is 1.21 bits per heavy atom. The molecule has 8 heteroatoms. The van der Waals surface area contributed by atoms with Crippen LogP contribution in [0.25, 0.3) is 11.4 Å². The Balaban J connectivity index is 1.58. The monoisotopic (exact) mass is 458 g/mol. The molecule has 0 N–H and O–H groups in total. The van der Waals surface area contributed by atoms with Gasteiger partial charge in [0.15, 0.2) is 5.82 Å². The summed E-state index contributed by atoms with van der Waals surface area (Å²) in [7, 11) is 0. The van der Waals surface area contributed by atoms with Gasteiger partial charge in [-0.15, -0.1) is 0 Å². The SMILES string of the molecule is CC(C)C1C(=O)N(C2CCC2)C(=O)N1c1cn2c(n1)-c1ccc(Br)cc1OCC2. The van der Waals surface area contributed by atoms with Crippen LogP contribution < -0.4 is 9.64 Å². The number of nitrogens with zero attached hydrogens (tertiary/aromatic N) is 4. The zero-order chi connectivity index (χ0) is 20.3. The van der Waals surface area contributed by atoms with Gasteiger partial charge in [0.2, 0.25) is 0 Å². The highest BCUT2D eigenvalue weighted by Crippen LogP contribution is 2.39. The number of imidazole rings is 1. The van der Waals surface area contributed by atoms with Crippen molar-refractivity contribution >= 4 is 33.7 Å². The van der Waals surface area contributed by atoms with Gasteiger partial charge in [-0.2, -0.15) is 0 Å². The average Bonchev–Trinajstić information content (AvgIpc) is 3.09. The number of benzene rings is 1. The highest BCUT2D eigenvalue weighted by atomic mass is 79.9. The predicted octanol–water partition coefficient (Wildman–Crippen LogP) is 4.05. The molecule has 7 nitrogen and oxygen atoms in total. The molecule has 1 unspecified atom stereocenters. The van der Waals surface area contributed by atoms with Crippen LogP contribution in [0.15, 0.2) is 28.9 Å². The van der Waals surface area contributed by atoms with Gasteiger partial charge in [-0.1, -0.05) is 29.8 Å². The number of hydrogen-bond acceptors (Lipinski definition) is 4. The summed E-state index contributed by atoms with van der Waals surface area (Å²) < 4.78 is 8.82. The quantitative estimate of drug-likeness (QED) is 0.650. The van der Waals surface area contributed by atoms with E-state index in [2.05, 4.69) is 15.9 Å². The van der Waals surface area contributed by atoms with E-state index in [0.717, 1.165) is 40.9 Å². The fraction of sp³-hybridized carbons (Fsp3) is 0.476. The van der Waals surface area contributed by atoms with E-state index in [0.29, 0.717) is 19.0 Å². The Labute approximate surface area is 177 Å². The highest BCUT2D eigenvalue weighted by Gasteiger charge is 2.51. The van der Waals surface area contributed by atoms with E-state index < -0.39 is 6.04 Å². The minimum absolute atomic E-state index is 0.00427. The Morgan fingerprint density at radius 2 is 2.00 bits per heavy atom. The molecule has 2 fully saturated rings. The zero-order valence-electron chi connectivity index (χ0n) is 16.5. The van der Waals surface area contributed by atoms with Crippen LogP contribution in [0.2, 0.25) is 0 Å². The van der Waals surface area contributed by atoms with Gasteiger partial charge >= 0.3 is 6.03 Å². The number of halogens is 1. The molecule has 1 atom stereocenters. The maximum Gasteiger partial charge on any atom is 0.333 e. The topological polar surface area (TPSA) is 67.7 Å². The molecule has 1 aromatic carbocycles. The Hall–Kier alpha value is -2.35. The van der Waals surface area contributed by atoms with Crippen molar-refractivity contribution in [1.82, 2.24) is 14.5 Å². The smallest absolute Gasteiger partial charge is 0.333 e. The first kappa shape index (κ1) is 18.7. The standard InChI is InChI=1S/C21H23BrN4O3/c1-12(2)18-20(27)25(14-4-3-5-14)21(28)26(18)17-11-24-8-9-29-16-10-13(22)6-7-15(16)19(24)23-17/h6-7,10-12,14,18H,3-5,8-9H2,1-2H3. The fourth-order valence-electron chi connectivity index (χ4n) is 4.34. The maximum atomic E-state index is 13.3. The Morgan fingerprint density at radius 3 is 2.69 bits per heavy atom. The third-order valence-electron chi connectivity index (χ3n) is 6.04. The van der Waals surface area contributed by atoms with Gasteiger partial charge < -0.3 is 9.30 Å². The lowest BCUT2D eigenvalue weighted by atomic mass is 9.91. The summed E-state index contributed by atoms with van der Waals surface area (Å²) >= 11 is 3.48. The van der Waals surface area contributed by atoms with E-state index in [9.17, 15) is 9.59 Å². The van der Waals surface area contributed by atoms with Crippen molar-refractivity contribution in [1.29, 1.82) is 0 Å². The first-order chi connectivity index (χ1) is 14.0. The van der Waals surface area contributed by atoms with Gasteiger partial charge in [-0.05, 0) is 43.4 Å². The minimum Gasteiger partial charge on any atom is -0.491 e. The van der Waals surface area contributed by atoms with E-state index in [1.807, 2.05) is 42.8 Å². The summed E-state index contributed by atoms with van der Waals surface area (Å²) in [6.45, 7) is 5.11. The van der Waals surface area contributed by atoms with Gasteiger partial charge in [0.05, 0.1) is 12.1 Å². The Bertz CT molecular complexity index is 998. The zero-order valence-corrected chi connectivity index (χ0v) is 18.1. The molecule has 2 aliphatic heterocycles. The van der Waals surface area contributed by atoms with E-state index in [-0.39, 0.29) is 23.9 Å². The molecule has 0 radical (unpaired) electrons. The molecule has 1 saturated carbocycles. The first-order valence-corrected chi connectivity index (χ1v) is 10.9. The van der Waals surface area contributed by atoms with Crippen molar-refractivity contribution in [2.75, 3.05) is 11.5 Å².